The van der Waals surface area contributed by atoms with Crippen molar-refractivity contribution >= 4 is 11.9 Å². The smallest absolute Gasteiger partial charge is 0.326 e. The first-order valence-electron chi connectivity index (χ1n) is 6.72. The number of hydrogen-bond acceptors (Lipinski definition) is 3. The maximum Gasteiger partial charge on any atom is 0.326 e. The normalized spacial score (nSPS) is 30.7. The lowest BCUT2D eigenvalue weighted by atomic mass is 9.81. The maximum atomic E-state index is 12.6. The summed E-state index contributed by atoms with van der Waals surface area (Å²) in [5.41, 5.74) is -0.377. The number of aliphatic hydroxyl groups is 1. The number of nitrogens with zero attached hydrogens (tertiary/aromatic N) is 1. The minimum absolute atomic E-state index is 0.0635. The van der Waals surface area contributed by atoms with Crippen molar-refractivity contribution in [3.63, 3.8) is 0 Å². The summed E-state index contributed by atoms with van der Waals surface area (Å²) < 4.78 is 0. The molecule has 102 valence electrons. The quantitative estimate of drug-likeness (QED) is 0.788. The molecule has 1 amide bonds. The van der Waals surface area contributed by atoms with Crippen LogP contribution in [0.15, 0.2) is 0 Å². The highest BCUT2D eigenvalue weighted by Gasteiger charge is 2.48. The minimum Gasteiger partial charge on any atom is -0.480 e. The van der Waals surface area contributed by atoms with Crippen molar-refractivity contribution in [2.45, 2.75) is 57.6 Å². The van der Waals surface area contributed by atoms with Crippen molar-refractivity contribution in [1.82, 2.24) is 4.90 Å². The summed E-state index contributed by atoms with van der Waals surface area (Å²) in [6.07, 6.45) is 3.97. The second-order valence-corrected chi connectivity index (χ2v) is 5.54. The Kier molecular flexibility index (Phi) is 3.61. The van der Waals surface area contributed by atoms with Gasteiger partial charge in [0.05, 0.1) is 6.10 Å². The van der Waals surface area contributed by atoms with Gasteiger partial charge < -0.3 is 15.1 Å². The number of likely N-dealkylation sites (tertiary alicyclic amines) is 1. The molecular weight excluding hydrogens is 234 g/mol. The van der Waals surface area contributed by atoms with Crippen molar-refractivity contribution in [3.05, 3.63) is 0 Å². The van der Waals surface area contributed by atoms with Crippen molar-refractivity contribution in [2.24, 2.45) is 5.41 Å². The van der Waals surface area contributed by atoms with Crippen molar-refractivity contribution in [2.75, 3.05) is 6.54 Å². The third-order valence-corrected chi connectivity index (χ3v) is 4.52. The van der Waals surface area contributed by atoms with E-state index in [-0.39, 0.29) is 24.3 Å². The monoisotopic (exact) mass is 255 g/mol. The van der Waals surface area contributed by atoms with E-state index < -0.39 is 18.1 Å². The van der Waals surface area contributed by atoms with Crippen LogP contribution in [0.2, 0.25) is 0 Å². The van der Waals surface area contributed by atoms with E-state index in [1.165, 1.54) is 4.90 Å². The number of aliphatic carboxylic acids is 1. The highest BCUT2D eigenvalue weighted by Crippen LogP contribution is 2.43. The number of aliphatic hydroxyl groups excluding tert-OH is 1. The Morgan fingerprint density at radius 2 is 1.94 bits per heavy atom. The Labute approximate surface area is 107 Å². The Morgan fingerprint density at radius 1 is 1.33 bits per heavy atom. The Bertz CT molecular complexity index is 349. The molecule has 2 N–H and O–H groups in total. The van der Waals surface area contributed by atoms with Crippen LogP contribution in [-0.4, -0.2) is 45.7 Å². The number of amides is 1. The molecule has 0 bridgehead atoms. The molecule has 0 unspecified atom stereocenters. The Hall–Kier alpha value is -1.10. The summed E-state index contributed by atoms with van der Waals surface area (Å²) in [7, 11) is 0. The molecule has 0 aromatic carbocycles. The number of carboxylic acid groups (broad SMARTS) is 1. The number of hydrogen-bond donors (Lipinski definition) is 2. The summed E-state index contributed by atoms with van der Waals surface area (Å²) in [5.74, 6) is -1.07. The first kappa shape index (κ1) is 13.3. The molecule has 1 aliphatic carbocycles. The fourth-order valence-corrected chi connectivity index (χ4v) is 3.35. The highest BCUT2D eigenvalue weighted by molar-refractivity contribution is 5.88. The number of carbonyl (C=O) groups is 2. The van der Waals surface area contributed by atoms with Gasteiger partial charge >= 0.3 is 5.97 Å². The summed E-state index contributed by atoms with van der Waals surface area (Å²) in [6.45, 7) is 2.16. The molecule has 2 atom stereocenters. The van der Waals surface area contributed by atoms with Gasteiger partial charge in [0.1, 0.15) is 6.04 Å². The minimum atomic E-state index is -1.01. The SMILES string of the molecule is CCC1(C(=O)N2C[C@H](O)C[C@H]2C(=O)O)CCCC1. The second-order valence-electron chi connectivity index (χ2n) is 5.54. The molecule has 1 heterocycles. The predicted molar refractivity (Wildman–Crippen MR) is 65.0 cm³/mol. The van der Waals surface area contributed by atoms with Gasteiger partial charge in [-0.05, 0) is 19.3 Å². The topological polar surface area (TPSA) is 77.8 Å². The van der Waals surface area contributed by atoms with Crippen LogP contribution in [-0.2, 0) is 9.59 Å². The van der Waals surface area contributed by atoms with Crippen molar-refractivity contribution in [1.29, 1.82) is 0 Å². The zero-order valence-corrected chi connectivity index (χ0v) is 10.8. The van der Waals surface area contributed by atoms with Crippen molar-refractivity contribution < 1.29 is 19.8 Å². The van der Waals surface area contributed by atoms with Crippen molar-refractivity contribution in [3.8, 4) is 0 Å². The standard InChI is InChI=1S/C13H21NO4/c1-2-13(5-3-4-6-13)12(18)14-8-9(15)7-10(14)11(16)17/h9-10,15H,2-8H2,1H3,(H,16,17)/t9-,10+/m1/s1. The van der Waals surface area contributed by atoms with Crippen LogP contribution in [0.3, 0.4) is 0 Å². The molecule has 0 spiro atoms. The van der Waals surface area contributed by atoms with Gasteiger partial charge in [-0.15, -0.1) is 0 Å². The largest absolute Gasteiger partial charge is 0.480 e. The fraction of sp³-hybridized carbons (Fsp3) is 0.846. The number of carboxylic acids is 1. The average molecular weight is 255 g/mol. The molecule has 2 fully saturated rings. The first-order chi connectivity index (χ1) is 8.50. The van der Waals surface area contributed by atoms with Gasteiger partial charge in [-0.25, -0.2) is 4.79 Å². The lowest BCUT2D eigenvalue weighted by Gasteiger charge is -2.33. The molecule has 0 radical (unpaired) electrons. The lowest BCUT2D eigenvalue weighted by Crippen LogP contribution is -2.47. The van der Waals surface area contributed by atoms with Gasteiger partial charge in [0, 0.05) is 18.4 Å². The molecule has 2 aliphatic rings. The van der Waals surface area contributed by atoms with Crippen LogP contribution in [0.1, 0.15) is 45.4 Å². The van der Waals surface area contributed by atoms with E-state index in [9.17, 15) is 14.7 Å². The maximum absolute atomic E-state index is 12.6. The van der Waals surface area contributed by atoms with E-state index >= 15 is 0 Å². The third kappa shape index (κ3) is 2.11. The summed E-state index contributed by atoms with van der Waals surface area (Å²) in [6, 6.07) is -0.850. The molecule has 5 nitrogen and oxygen atoms in total. The van der Waals surface area contributed by atoms with E-state index in [4.69, 9.17) is 5.11 Å². The predicted octanol–water partition coefficient (Wildman–Crippen LogP) is 1.00. The summed E-state index contributed by atoms with van der Waals surface area (Å²) in [5, 5.41) is 18.8. The highest BCUT2D eigenvalue weighted by atomic mass is 16.4. The Morgan fingerprint density at radius 3 is 2.44 bits per heavy atom. The molecular formula is C13H21NO4. The Balaban J connectivity index is 2.19. The van der Waals surface area contributed by atoms with E-state index in [0.717, 1.165) is 32.1 Å². The van der Waals surface area contributed by atoms with Gasteiger partial charge in [-0.2, -0.15) is 0 Å². The summed E-state index contributed by atoms with van der Waals surface area (Å²) in [4.78, 5) is 25.2. The lowest BCUT2D eigenvalue weighted by molar-refractivity contribution is -0.153. The zero-order chi connectivity index (χ0) is 13.3. The third-order valence-electron chi connectivity index (χ3n) is 4.52. The fourth-order valence-electron chi connectivity index (χ4n) is 3.35. The van der Waals surface area contributed by atoms with Gasteiger partial charge in [0.15, 0.2) is 0 Å². The van der Waals surface area contributed by atoms with Crippen LogP contribution in [0, 0.1) is 5.41 Å². The van der Waals surface area contributed by atoms with Crippen LogP contribution < -0.4 is 0 Å². The number of β-amino-alcohol motifs (C(OH)–C–C–N with tert-alkyl or cyclic N) is 1. The van der Waals surface area contributed by atoms with Gasteiger partial charge in [0.2, 0.25) is 5.91 Å². The molecule has 1 saturated carbocycles. The average Bonchev–Trinajstić information content (AvgIpc) is 2.95. The van der Waals surface area contributed by atoms with E-state index in [1.54, 1.807) is 0 Å². The second kappa shape index (κ2) is 4.88. The number of rotatable bonds is 3. The van der Waals surface area contributed by atoms with Gasteiger partial charge in [-0.3, -0.25) is 4.79 Å². The van der Waals surface area contributed by atoms with E-state index in [1.807, 2.05) is 6.92 Å². The molecule has 5 heteroatoms. The molecule has 0 aromatic rings. The molecule has 1 aliphatic heterocycles. The molecule has 2 rings (SSSR count). The zero-order valence-electron chi connectivity index (χ0n) is 10.8. The molecule has 0 aromatic heterocycles. The van der Waals surface area contributed by atoms with Gasteiger partial charge in [0.25, 0.3) is 0 Å². The van der Waals surface area contributed by atoms with Crippen LogP contribution >= 0.6 is 0 Å². The first-order valence-corrected chi connectivity index (χ1v) is 6.72. The molecule has 1 saturated heterocycles. The number of carbonyl (C=O) groups excluding carboxylic acids is 1. The van der Waals surface area contributed by atoms with E-state index in [2.05, 4.69) is 0 Å². The van der Waals surface area contributed by atoms with Crippen LogP contribution in [0.25, 0.3) is 0 Å². The van der Waals surface area contributed by atoms with Gasteiger partial charge in [-0.1, -0.05) is 19.8 Å². The van der Waals surface area contributed by atoms with E-state index in [0.29, 0.717) is 0 Å². The van der Waals surface area contributed by atoms with Crippen LogP contribution in [0.5, 0.6) is 0 Å². The van der Waals surface area contributed by atoms with Crippen LogP contribution in [0.4, 0.5) is 0 Å². The molecule has 18 heavy (non-hydrogen) atoms. The summed E-state index contributed by atoms with van der Waals surface area (Å²) >= 11 is 0.